The number of aromatic nitrogens is 1. The molecule has 0 aromatic carbocycles. The van der Waals surface area contributed by atoms with Crippen LogP contribution in [0.1, 0.15) is 43.7 Å². The van der Waals surface area contributed by atoms with E-state index in [0.29, 0.717) is 6.04 Å². The highest BCUT2D eigenvalue weighted by Crippen LogP contribution is 2.50. The zero-order valence-corrected chi connectivity index (χ0v) is 12.8. The lowest BCUT2D eigenvalue weighted by Gasteiger charge is -2.26. The Labute approximate surface area is 124 Å². The van der Waals surface area contributed by atoms with Crippen LogP contribution in [-0.2, 0) is 0 Å². The molecular formula is C17H22N2S. The smallest absolute Gasteiger partial charge is 0.0809 e. The van der Waals surface area contributed by atoms with E-state index in [1.165, 1.54) is 42.4 Å². The highest BCUT2D eigenvalue weighted by Gasteiger charge is 2.40. The third-order valence-corrected chi connectivity index (χ3v) is 6.35. The molecule has 2 saturated carbocycles. The predicted octanol–water partition coefficient (Wildman–Crippen LogP) is 4.38. The molecule has 2 fully saturated rings. The fourth-order valence-electron chi connectivity index (χ4n) is 4.44. The molecule has 4 unspecified atom stereocenters. The fraction of sp³-hybridized carbons (Fsp3) is 0.588. The van der Waals surface area contributed by atoms with Gasteiger partial charge < -0.3 is 5.32 Å². The summed E-state index contributed by atoms with van der Waals surface area (Å²) in [6.45, 7) is 0. The Morgan fingerprint density at radius 2 is 2.35 bits per heavy atom. The monoisotopic (exact) mass is 286 g/mol. The first-order chi connectivity index (χ1) is 9.83. The summed E-state index contributed by atoms with van der Waals surface area (Å²) < 4.78 is 1.32. The van der Waals surface area contributed by atoms with E-state index in [2.05, 4.69) is 41.1 Å². The summed E-state index contributed by atoms with van der Waals surface area (Å²) in [5.41, 5.74) is 2.50. The zero-order chi connectivity index (χ0) is 13.5. The van der Waals surface area contributed by atoms with Gasteiger partial charge in [-0.15, -0.1) is 11.3 Å². The minimum absolute atomic E-state index is 0.471. The standard InChI is InChI=1S/C17H22N2S/c1-18-16(8-13-7-11-2-3-12(13)6-11)14-9-17-15(19-10-14)4-5-20-17/h4-5,9-13,16,18H,2-3,6-8H2,1H3. The van der Waals surface area contributed by atoms with Crippen LogP contribution in [0.15, 0.2) is 23.7 Å². The van der Waals surface area contributed by atoms with Crippen molar-refractivity contribution < 1.29 is 0 Å². The second kappa shape index (κ2) is 5.12. The molecule has 4 rings (SSSR count). The highest BCUT2D eigenvalue weighted by molar-refractivity contribution is 7.17. The molecule has 0 saturated heterocycles. The molecule has 4 atom stereocenters. The zero-order valence-electron chi connectivity index (χ0n) is 12.0. The molecule has 3 heteroatoms. The summed E-state index contributed by atoms with van der Waals surface area (Å²) in [6, 6.07) is 4.91. The van der Waals surface area contributed by atoms with Crippen LogP contribution in [0.5, 0.6) is 0 Å². The van der Waals surface area contributed by atoms with Gasteiger partial charge in [-0.3, -0.25) is 4.98 Å². The van der Waals surface area contributed by atoms with E-state index >= 15 is 0 Å². The molecule has 1 N–H and O–H groups in total. The Morgan fingerprint density at radius 1 is 1.40 bits per heavy atom. The molecular weight excluding hydrogens is 264 g/mol. The van der Waals surface area contributed by atoms with Crippen LogP contribution in [0.3, 0.4) is 0 Å². The first-order valence-electron chi connectivity index (χ1n) is 7.84. The minimum Gasteiger partial charge on any atom is -0.313 e. The molecule has 2 heterocycles. The fourth-order valence-corrected chi connectivity index (χ4v) is 5.23. The van der Waals surface area contributed by atoms with E-state index in [9.17, 15) is 0 Å². The molecule has 2 aromatic rings. The normalized spacial score (nSPS) is 30.1. The maximum atomic E-state index is 4.60. The van der Waals surface area contributed by atoms with Crippen molar-refractivity contribution in [3.05, 3.63) is 29.3 Å². The van der Waals surface area contributed by atoms with Gasteiger partial charge in [-0.25, -0.2) is 0 Å². The summed E-state index contributed by atoms with van der Waals surface area (Å²) in [6.07, 6.45) is 9.31. The van der Waals surface area contributed by atoms with Crippen molar-refractivity contribution in [2.24, 2.45) is 17.8 Å². The Hall–Kier alpha value is -0.930. The molecule has 2 aromatic heterocycles. The molecule has 20 heavy (non-hydrogen) atoms. The molecule has 2 aliphatic rings. The number of nitrogens with zero attached hydrogens (tertiary/aromatic N) is 1. The van der Waals surface area contributed by atoms with Crippen molar-refractivity contribution in [2.75, 3.05) is 7.05 Å². The van der Waals surface area contributed by atoms with Gasteiger partial charge in [0.05, 0.1) is 10.2 Å². The lowest BCUT2D eigenvalue weighted by molar-refractivity contribution is 0.284. The van der Waals surface area contributed by atoms with Gasteiger partial charge in [-0.2, -0.15) is 0 Å². The number of hydrogen-bond acceptors (Lipinski definition) is 3. The van der Waals surface area contributed by atoms with E-state index in [0.717, 1.165) is 23.3 Å². The average molecular weight is 286 g/mol. The molecule has 0 radical (unpaired) electrons. The van der Waals surface area contributed by atoms with Crippen molar-refractivity contribution >= 4 is 21.6 Å². The van der Waals surface area contributed by atoms with Crippen LogP contribution in [0.25, 0.3) is 10.2 Å². The maximum Gasteiger partial charge on any atom is 0.0809 e. The molecule has 106 valence electrons. The van der Waals surface area contributed by atoms with Gasteiger partial charge in [-0.1, -0.05) is 6.42 Å². The van der Waals surface area contributed by atoms with Gasteiger partial charge in [0, 0.05) is 12.2 Å². The Morgan fingerprint density at radius 3 is 3.10 bits per heavy atom. The van der Waals surface area contributed by atoms with Gasteiger partial charge in [0.2, 0.25) is 0 Å². The third-order valence-electron chi connectivity index (χ3n) is 5.50. The van der Waals surface area contributed by atoms with E-state index in [-0.39, 0.29) is 0 Å². The Kier molecular flexibility index (Phi) is 3.27. The van der Waals surface area contributed by atoms with Crippen molar-refractivity contribution in [3.63, 3.8) is 0 Å². The third kappa shape index (κ3) is 2.17. The molecule has 2 bridgehead atoms. The van der Waals surface area contributed by atoms with Crippen molar-refractivity contribution in [1.29, 1.82) is 0 Å². The number of nitrogens with one attached hydrogen (secondary N) is 1. The van der Waals surface area contributed by atoms with Gasteiger partial charge in [0.25, 0.3) is 0 Å². The SMILES string of the molecule is CNC(CC1CC2CCC1C2)c1cnc2ccsc2c1. The average Bonchev–Trinajstić information content (AvgIpc) is 3.19. The minimum atomic E-state index is 0.471. The summed E-state index contributed by atoms with van der Waals surface area (Å²) >= 11 is 1.79. The van der Waals surface area contributed by atoms with E-state index in [1.807, 2.05) is 0 Å². The van der Waals surface area contributed by atoms with E-state index < -0.39 is 0 Å². The van der Waals surface area contributed by atoms with Gasteiger partial charge in [0.1, 0.15) is 0 Å². The number of hydrogen-bond donors (Lipinski definition) is 1. The van der Waals surface area contributed by atoms with Gasteiger partial charge in [0.15, 0.2) is 0 Å². The molecule has 2 aliphatic carbocycles. The molecule has 0 spiro atoms. The summed E-state index contributed by atoms with van der Waals surface area (Å²) in [5.74, 6) is 2.99. The number of pyridine rings is 1. The Balaban J connectivity index is 1.54. The van der Waals surface area contributed by atoms with Crippen LogP contribution in [-0.4, -0.2) is 12.0 Å². The van der Waals surface area contributed by atoms with Gasteiger partial charge in [-0.05, 0) is 73.6 Å². The predicted molar refractivity (Wildman–Crippen MR) is 85.0 cm³/mol. The lowest BCUT2D eigenvalue weighted by atomic mass is 9.83. The molecule has 0 aliphatic heterocycles. The first-order valence-corrected chi connectivity index (χ1v) is 8.72. The van der Waals surface area contributed by atoms with Crippen molar-refractivity contribution in [2.45, 2.75) is 38.1 Å². The van der Waals surface area contributed by atoms with Crippen molar-refractivity contribution in [3.8, 4) is 0 Å². The number of rotatable bonds is 4. The second-order valence-electron chi connectivity index (χ2n) is 6.58. The maximum absolute atomic E-state index is 4.60. The molecule has 0 amide bonds. The summed E-state index contributed by atoms with van der Waals surface area (Å²) in [4.78, 5) is 4.60. The van der Waals surface area contributed by atoms with Crippen LogP contribution in [0, 0.1) is 17.8 Å². The van der Waals surface area contributed by atoms with E-state index in [1.54, 1.807) is 11.3 Å². The van der Waals surface area contributed by atoms with Crippen molar-refractivity contribution in [1.82, 2.24) is 10.3 Å². The summed E-state index contributed by atoms with van der Waals surface area (Å²) in [7, 11) is 2.09. The van der Waals surface area contributed by atoms with Crippen LogP contribution in [0.4, 0.5) is 0 Å². The molecule has 2 nitrogen and oxygen atoms in total. The lowest BCUT2D eigenvalue weighted by Crippen LogP contribution is -2.22. The van der Waals surface area contributed by atoms with Gasteiger partial charge >= 0.3 is 0 Å². The summed E-state index contributed by atoms with van der Waals surface area (Å²) in [5, 5.41) is 5.66. The second-order valence-corrected chi connectivity index (χ2v) is 7.53. The quantitative estimate of drug-likeness (QED) is 0.902. The Bertz CT molecular complexity index is 606. The first kappa shape index (κ1) is 12.8. The van der Waals surface area contributed by atoms with Crippen LogP contribution < -0.4 is 5.32 Å². The largest absolute Gasteiger partial charge is 0.313 e. The van der Waals surface area contributed by atoms with Crippen LogP contribution in [0.2, 0.25) is 0 Å². The van der Waals surface area contributed by atoms with Crippen LogP contribution >= 0.6 is 11.3 Å². The topological polar surface area (TPSA) is 24.9 Å². The number of fused-ring (bicyclic) bond motifs is 3. The number of thiophene rings is 1. The highest BCUT2D eigenvalue weighted by atomic mass is 32.1. The van der Waals surface area contributed by atoms with E-state index in [4.69, 9.17) is 0 Å².